The van der Waals surface area contributed by atoms with Crippen LogP contribution in [0.4, 0.5) is 5.69 Å². The Bertz CT molecular complexity index is 488. The molecule has 2 saturated heterocycles. The second kappa shape index (κ2) is 5.94. The van der Waals surface area contributed by atoms with Crippen LogP contribution in [0.3, 0.4) is 0 Å². The van der Waals surface area contributed by atoms with Gasteiger partial charge in [0.2, 0.25) is 5.91 Å². The zero-order valence-corrected chi connectivity index (χ0v) is 12.1. The second-order valence-electron chi connectivity index (χ2n) is 5.96. The Hall–Kier alpha value is -1.39. The predicted molar refractivity (Wildman–Crippen MR) is 80.8 cm³/mol. The molecule has 2 aliphatic rings. The monoisotopic (exact) mass is 273 g/mol. The van der Waals surface area contributed by atoms with E-state index in [1.165, 1.54) is 12.8 Å². The Labute approximate surface area is 120 Å². The molecule has 0 radical (unpaired) electrons. The van der Waals surface area contributed by atoms with Crippen molar-refractivity contribution in [3.8, 4) is 0 Å². The highest BCUT2D eigenvalue weighted by Gasteiger charge is 2.35. The highest BCUT2D eigenvalue weighted by Crippen LogP contribution is 2.26. The van der Waals surface area contributed by atoms with E-state index in [1.54, 1.807) is 0 Å². The van der Waals surface area contributed by atoms with Crippen LogP contribution >= 0.6 is 0 Å². The number of hydrogen-bond donors (Lipinski definition) is 2. The maximum atomic E-state index is 12.2. The summed E-state index contributed by atoms with van der Waals surface area (Å²) in [6.45, 7) is 5.72. The fourth-order valence-electron chi connectivity index (χ4n) is 3.45. The molecule has 2 fully saturated rings. The van der Waals surface area contributed by atoms with E-state index in [0.717, 1.165) is 36.8 Å². The second-order valence-corrected chi connectivity index (χ2v) is 5.96. The van der Waals surface area contributed by atoms with E-state index in [0.29, 0.717) is 12.6 Å². The van der Waals surface area contributed by atoms with Gasteiger partial charge in [0.1, 0.15) is 0 Å². The fraction of sp³-hybridized carbons (Fsp3) is 0.562. The largest absolute Gasteiger partial charge is 0.325 e. The van der Waals surface area contributed by atoms with Gasteiger partial charge in [-0.15, -0.1) is 0 Å². The molecule has 0 aliphatic carbocycles. The molecule has 1 amide bonds. The molecule has 0 spiro atoms. The van der Waals surface area contributed by atoms with E-state index in [9.17, 15) is 4.79 Å². The van der Waals surface area contributed by atoms with Gasteiger partial charge >= 0.3 is 0 Å². The van der Waals surface area contributed by atoms with Gasteiger partial charge in [-0.25, -0.2) is 0 Å². The number of likely N-dealkylation sites (tertiary alicyclic amines) is 1. The maximum absolute atomic E-state index is 12.2. The molecule has 1 aromatic carbocycles. The summed E-state index contributed by atoms with van der Waals surface area (Å²) in [7, 11) is 0. The van der Waals surface area contributed by atoms with Crippen molar-refractivity contribution < 1.29 is 4.79 Å². The normalized spacial score (nSPS) is 26.2. The SMILES string of the molecule is Cc1ccccc1NC(=O)CN1CCCC2CNCC21. The van der Waals surface area contributed by atoms with E-state index in [-0.39, 0.29) is 5.91 Å². The number of rotatable bonds is 3. The third-order valence-electron chi connectivity index (χ3n) is 4.56. The first-order valence-corrected chi connectivity index (χ1v) is 7.54. The third-order valence-corrected chi connectivity index (χ3v) is 4.56. The van der Waals surface area contributed by atoms with Crippen molar-refractivity contribution in [2.45, 2.75) is 25.8 Å². The summed E-state index contributed by atoms with van der Waals surface area (Å²) < 4.78 is 0. The number of aryl methyl sites for hydroxylation is 1. The number of piperidine rings is 1. The van der Waals surface area contributed by atoms with Gasteiger partial charge in [0, 0.05) is 18.3 Å². The van der Waals surface area contributed by atoms with Crippen molar-refractivity contribution in [2.24, 2.45) is 5.92 Å². The first-order chi connectivity index (χ1) is 9.74. The van der Waals surface area contributed by atoms with Crippen LogP contribution in [0.5, 0.6) is 0 Å². The zero-order chi connectivity index (χ0) is 13.9. The summed E-state index contributed by atoms with van der Waals surface area (Å²) >= 11 is 0. The van der Waals surface area contributed by atoms with Crippen molar-refractivity contribution in [1.29, 1.82) is 0 Å². The highest BCUT2D eigenvalue weighted by molar-refractivity contribution is 5.92. The number of nitrogens with zero attached hydrogens (tertiary/aromatic N) is 1. The number of carbonyl (C=O) groups excluding carboxylic acids is 1. The molecule has 2 N–H and O–H groups in total. The predicted octanol–water partition coefficient (Wildman–Crippen LogP) is 1.62. The number of carbonyl (C=O) groups is 1. The average Bonchev–Trinajstić information content (AvgIpc) is 2.91. The van der Waals surface area contributed by atoms with Crippen molar-refractivity contribution in [1.82, 2.24) is 10.2 Å². The molecule has 108 valence electrons. The first kappa shape index (κ1) is 13.6. The van der Waals surface area contributed by atoms with E-state index in [1.807, 2.05) is 31.2 Å². The molecule has 2 heterocycles. The summed E-state index contributed by atoms with van der Waals surface area (Å²) in [4.78, 5) is 14.6. The molecule has 2 aliphatic heterocycles. The Balaban J connectivity index is 1.60. The van der Waals surface area contributed by atoms with Crippen molar-refractivity contribution in [2.75, 3.05) is 31.5 Å². The number of benzene rings is 1. The Kier molecular flexibility index (Phi) is 4.03. The van der Waals surface area contributed by atoms with Gasteiger partial charge in [0.25, 0.3) is 0 Å². The molecule has 2 atom stereocenters. The number of fused-ring (bicyclic) bond motifs is 1. The molecular weight excluding hydrogens is 250 g/mol. The molecule has 1 aromatic rings. The van der Waals surface area contributed by atoms with Crippen LogP contribution in [0, 0.1) is 12.8 Å². The average molecular weight is 273 g/mol. The quantitative estimate of drug-likeness (QED) is 0.879. The number of anilines is 1. The summed E-state index contributed by atoms with van der Waals surface area (Å²) in [6, 6.07) is 8.48. The van der Waals surface area contributed by atoms with Crippen LogP contribution in [0.1, 0.15) is 18.4 Å². The van der Waals surface area contributed by atoms with Crippen molar-refractivity contribution in [3.63, 3.8) is 0 Å². The van der Waals surface area contributed by atoms with Gasteiger partial charge in [-0.05, 0) is 50.4 Å². The Morgan fingerprint density at radius 1 is 1.40 bits per heavy atom. The van der Waals surface area contributed by atoms with Gasteiger partial charge in [0.05, 0.1) is 6.54 Å². The lowest BCUT2D eigenvalue weighted by Gasteiger charge is -2.36. The topological polar surface area (TPSA) is 44.4 Å². The molecule has 0 saturated carbocycles. The van der Waals surface area contributed by atoms with E-state index in [2.05, 4.69) is 15.5 Å². The van der Waals surface area contributed by atoms with Crippen LogP contribution in [0.2, 0.25) is 0 Å². The van der Waals surface area contributed by atoms with E-state index >= 15 is 0 Å². The van der Waals surface area contributed by atoms with Crippen LogP contribution in [-0.4, -0.2) is 43.0 Å². The van der Waals surface area contributed by atoms with Gasteiger partial charge < -0.3 is 10.6 Å². The van der Waals surface area contributed by atoms with Crippen molar-refractivity contribution >= 4 is 11.6 Å². The number of hydrogen-bond acceptors (Lipinski definition) is 3. The molecule has 0 bridgehead atoms. The standard InChI is InChI=1S/C16H23N3O/c1-12-5-2-3-7-14(12)18-16(20)11-19-8-4-6-13-9-17-10-15(13)19/h2-3,5,7,13,15,17H,4,6,8-11H2,1H3,(H,18,20). The van der Waals surface area contributed by atoms with Gasteiger partial charge in [0.15, 0.2) is 0 Å². The van der Waals surface area contributed by atoms with Gasteiger partial charge in [-0.2, -0.15) is 0 Å². The molecule has 20 heavy (non-hydrogen) atoms. The third kappa shape index (κ3) is 2.86. The molecule has 2 unspecified atom stereocenters. The van der Waals surface area contributed by atoms with Crippen molar-refractivity contribution in [3.05, 3.63) is 29.8 Å². The minimum absolute atomic E-state index is 0.104. The Morgan fingerprint density at radius 3 is 3.10 bits per heavy atom. The summed E-state index contributed by atoms with van der Waals surface area (Å²) in [6.07, 6.45) is 2.51. The maximum Gasteiger partial charge on any atom is 0.238 e. The summed E-state index contributed by atoms with van der Waals surface area (Å²) in [5, 5.41) is 6.49. The van der Waals surface area contributed by atoms with Crippen LogP contribution in [0.25, 0.3) is 0 Å². The number of para-hydroxylation sites is 1. The zero-order valence-electron chi connectivity index (χ0n) is 12.1. The molecule has 4 heteroatoms. The lowest BCUT2D eigenvalue weighted by Crippen LogP contribution is -2.48. The van der Waals surface area contributed by atoms with E-state index < -0.39 is 0 Å². The lowest BCUT2D eigenvalue weighted by atomic mass is 9.92. The van der Waals surface area contributed by atoms with Gasteiger partial charge in [-0.1, -0.05) is 18.2 Å². The Morgan fingerprint density at radius 2 is 2.25 bits per heavy atom. The first-order valence-electron chi connectivity index (χ1n) is 7.54. The van der Waals surface area contributed by atoms with Crippen LogP contribution in [0.15, 0.2) is 24.3 Å². The fourth-order valence-corrected chi connectivity index (χ4v) is 3.45. The number of nitrogens with one attached hydrogen (secondary N) is 2. The number of amides is 1. The lowest BCUT2D eigenvalue weighted by molar-refractivity contribution is -0.118. The molecule has 0 aromatic heterocycles. The smallest absolute Gasteiger partial charge is 0.238 e. The molecular formula is C16H23N3O. The minimum atomic E-state index is 0.104. The van der Waals surface area contributed by atoms with E-state index in [4.69, 9.17) is 0 Å². The molecule has 4 nitrogen and oxygen atoms in total. The van der Waals surface area contributed by atoms with Crippen LogP contribution in [-0.2, 0) is 4.79 Å². The highest BCUT2D eigenvalue weighted by atomic mass is 16.2. The summed E-state index contributed by atoms with van der Waals surface area (Å²) in [5.74, 6) is 0.835. The minimum Gasteiger partial charge on any atom is -0.325 e. The molecule has 3 rings (SSSR count). The van der Waals surface area contributed by atoms with Gasteiger partial charge in [-0.3, -0.25) is 9.69 Å². The van der Waals surface area contributed by atoms with Crippen LogP contribution < -0.4 is 10.6 Å². The summed E-state index contributed by atoms with van der Waals surface area (Å²) in [5.41, 5.74) is 2.04.